The SMILES string of the molecule is CCOc1cc(NC(=O)c2cc3ccccc3c(N=Nc3cc(Cl)cc(S(=O)(=O)O)c3C)c2[O-])ccc1Cl.[Na+]. The molecule has 0 aliphatic carbocycles. The van der Waals surface area contributed by atoms with Crippen molar-refractivity contribution in [1.82, 2.24) is 0 Å². The van der Waals surface area contributed by atoms with Crippen LogP contribution < -0.4 is 44.7 Å². The second-order valence-corrected chi connectivity index (χ2v) is 10.3. The number of carbonyl (C=O) groups is 1. The van der Waals surface area contributed by atoms with Crippen molar-refractivity contribution in [3.05, 3.63) is 81.8 Å². The third kappa shape index (κ3) is 6.90. The number of amides is 1. The molecule has 0 spiro atoms. The Hall–Kier alpha value is -2.70. The number of hydrogen-bond donors (Lipinski definition) is 2. The number of benzene rings is 4. The summed E-state index contributed by atoms with van der Waals surface area (Å²) in [6, 6.07) is 15.4. The summed E-state index contributed by atoms with van der Waals surface area (Å²) in [5.74, 6) is -1.00. The fourth-order valence-electron chi connectivity index (χ4n) is 3.74. The van der Waals surface area contributed by atoms with Crippen molar-refractivity contribution in [2.45, 2.75) is 18.7 Å². The molecule has 0 saturated heterocycles. The average molecular weight is 596 g/mol. The first-order chi connectivity index (χ1) is 18.0. The van der Waals surface area contributed by atoms with Gasteiger partial charge in [0.15, 0.2) is 0 Å². The number of azo groups is 1. The van der Waals surface area contributed by atoms with Gasteiger partial charge in [-0.2, -0.15) is 18.6 Å². The predicted octanol–water partition coefficient (Wildman–Crippen LogP) is 3.85. The Morgan fingerprint density at radius 3 is 2.49 bits per heavy atom. The van der Waals surface area contributed by atoms with Crippen LogP contribution in [0.1, 0.15) is 22.8 Å². The van der Waals surface area contributed by atoms with Crippen molar-refractivity contribution in [3.63, 3.8) is 0 Å². The summed E-state index contributed by atoms with van der Waals surface area (Å²) in [7, 11) is -4.58. The smallest absolute Gasteiger partial charge is 0.870 e. The van der Waals surface area contributed by atoms with Crippen LogP contribution in [0.15, 0.2) is 75.8 Å². The van der Waals surface area contributed by atoms with Crippen LogP contribution in [0.3, 0.4) is 0 Å². The first kappa shape index (κ1) is 30.8. The first-order valence-electron chi connectivity index (χ1n) is 11.2. The number of carbonyl (C=O) groups excluding carboxylic acids is 1. The van der Waals surface area contributed by atoms with Crippen molar-refractivity contribution < 1.29 is 57.2 Å². The number of anilines is 1. The summed E-state index contributed by atoms with van der Waals surface area (Å²) in [5, 5.41) is 25.6. The van der Waals surface area contributed by atoms with Gasteiger partial charge in [0.1, 0.15) is 10.6 Å². The van der Waals surface area contributed by atoms with Crippen LogP contribution in [-0.2, 0) is 10.1 Å². The summed E-state index contributed by atoms with van der Waals surface area (Å²) >= 11 is 12.1. The van der Waals surface area contributed by atoms with Gasteiger partial charge in [0, 0.05) is 27.7 Å². The van der Waals surface area contributed by atoms with E-state index in [0.717, 1.165) is 6.07 Å². The average Bonchev–Trinajstić information content (AvgIpc) is 2.86. The van der Waals surface area contributed by atoms with E-state index in [1.165, 1.54) is 19.1 Å². The van der Waals surface area contributed by atoms with E-state index >= 15 is 0 Å². The maximum absolute atomic E-state index is 13.4. The van der Waals surface area contributed by atoms with E-state index in [0.29, 0.717) is 33.8 Å². The zero-order chi connectivity index (χ0) is 27.6. The van der Waals surface area contributed by atoms with E-state index < -0.39 is 26.7 Å². The third-order valence-electron chi connectivity index (χ3n) is 5.54. The van der Waals surface area contributed by atoms with Crippen LogP contribution in [0, 0.1) is 6.92 Å². The maximum atomic E-state index is 13.4. The van der Waals surface area contributed by atoms with E-state index in [-0.39, 0.29) is 57.1 Å². The van der Waals surface area contributed by atoms with Gasteiger partial charge in [-0.1, -0.05) is 53.2 Å². The topological polar surface area (TPSA) is 140 Å². The Labute approximate surface area is 256 Å². The molecule has 4 rings (SSSR count). The minimum Gasteiger partial charge on any atom is -0.870 e. The minimum absolute atomic E-state index is 0. The van der Waals surface area contributed by atoms with E-state index in [1.807, 2.05) is 0 Å². The molecular formula is C26H20Cl2N3NaO6S. The van der Waals surface area contributed by atoms with Crippen molar-refractivity contribution in [1.29, 1.82) is 0 Å². The monoisotopic (exact) mass is 595 g/mol. The molecule has 4 aromatic carbocycles. The molecule has 196 valence electrons. The molecule has 2 N–H and O–H groups in total. The van der Waals surface area contributed by atoms with Gasteiger partial charge in [0.2, 0.25) is 0 Å². The standard InChI is InChI=1S/C26H21Cl2N3O6S.Na/c1-3-37-22-13-17(8-9-20(22)28)29-26(33)19-10-15-6-4-5-7-18(15)24(25(19)32)31-30-21-11-16(27)12-23(14(21)2)38(34,35)36;/h4-13,32H,3H2,1-2H3,(H,29,33)(H,34,35,36);/q;+1/p-1. The van der Waals surface area contributed by atoms with Gasteiger partial charge in [0.05, 0.1) is 23.0 Å². The Bertz CT molecular complexity index is 1710. The molecule has 0 aromatic heterocycles. The molecule has 0 saturated carbocycles. The third-order valence-corrected chi connectivity index (χ3v) is 7.05. The molecule has 0 aliphatic rings. The first-order valence-corrected chi connectivity index (χ1v) is 13.3. The van der Waals surface area contributed by atoms with Gasteiger partial charge >= 0.3 is 29.6 Å². The summed E-state index contributed by atoms with van der Waals surface area (Å²) < 4.78 is 38.4. The van der Waals surface area contributed by atoms with Crippen molar-refractivity contribution in [2.24, 2.45) is 10.2 Å². The van der Waals surface area contributed by atoms with Crippen LogP contribution in [-0.4, -0.2) is 25.5 Å². The molecule has 0 heterocycles. The molecular weight excluding hydrogens is 576 g/mol. The number of nitrogens with zero attached hydrogens (tertiary/aromatic N) is 2. The second kappa shape index (κ2) is 12.6. The molecule has 0 fully saturated rings. The molecule has 1 amide bonds. The molecule has 9 nitrogen and oxygen atoms in total. The number of ether oxygens (including phenoxy) is 1. The summed E-state index contributed by atoms with van der Waals surface area (Å²) in [6.07, 6.45) is 0. The van der Waals surface area contributed by atoms with E-state index in [4.69, 9.17) is 27.9 Å². The van der Waals surface area contributed by atoms with Crippen LogP contribution in [0.25, 0.3) is 10.8 Å². The number of hydrogen-bond acceptors (Lipinski definition) is 7. The van der Waals surface area contributed by atoms with Gasteiger partial charge in [0.25, 0.3) is 16.0 Å². The minimum atomic E-state index is -4.58. The van der Waals surface area contributed by atoms with Crippen molar-refractivity contribution >= 4 is 67.1 Å². The quantitative estimate of drug-likeness (QED) is 0.189. The van der Waals surface area contributed by atoms with Crippen LogP contribution >= 0.6 is 23.2 Å². The fraction of sp³-hybridized carbons (Fsp3) is 0.115. The molecule has 0 aliphatic heterocycles. The number of rotatable bonds is 7. The Morgan fingerprint density at radius 2 is 1.79 bits per heavy atom. The number of halogens is 2. The number of fused-ring (bicyclic) bond motifs is 1. The van der Waals surface area contributed by atoms with Crippen molar-refractivity contribution in [2.75, 3.05) is 11.9 Å². The Balaban J connectivity index is 0.00000420. The number of nitrogens with one attached hydrogen (secondary N) is 1. The molecule has 0 radical (unpaired) electrons. The normalized spacial score (nSPS) is 11.4. The van der Waals surface area contributed by atoms with Crippen molar-refractivity contribution in [3.8, 4) is 11.5 Å². The zero-order valence-corrected chi connectivity index (χ0v) is 25.4. The van der Waals surface area contributed by atoms with Gasteiger partial charge in [-0.25, -0.2) is 0 Å². The molecule has 4 aromatic rings. The maximum Gasteiger partial charge on any atom is 1.00 e. The molecule has 39 heavy (non-hydrogen) atoms. The largest absolute Gasteiger partial charge is 1.00 e. The van der Waals surface area contributed by atoms with Gasteiger partial charge in [-0.05, 0) is 55.1 Å². The second-order valence-electron chi connectivity index (χ2n) is 8.08. The molecule has 0 atom stereocenters. The Kier molecular flexibility index (Phi) is 10.0. The fourth-order valence-corrected chi connectivity index (χ4v) is 4.96. The van der Waals surface area contributed by atoms with Gasteiger partial charge in [-0.15, -0.1) is 0 Å². The van der Waals surface area contributed by atoms with Gasteiger partial charge in [-0.3, -0.25) is 9.35 Å². The van der Waals surface area contributed by atoms with Crippen LogP contribution in [0.4, 0.5) is 17.1 Å². The summed E-state index contributed by atoms with van der Waals surface area (Å²) in [5.41, 5.74) is 0.150. The van der Waals surface area contributed by atoms with E-state index in [2.05, 4.69) is 15.5 Å². The van der Waals surface area contributed by atoms with Crippen LogP contribution in [0.5, 0.6) is 11.5 Å². The molecule has 0 bridgehead atoms. The summed E-state index contributed by atoms with van der Waals surface area (Å²) in [6.45, 7) is 3.58. The van der Waals surface area contributed by atoms with Gasteiger partial charge < -0.3 is 15.2 Å². The molecule has 13 heteroatoms. The predicted molar refractivity (Wildman–Crippen MR) is 144 cm³/mol. The summed E-state index contributed by atoms with van der Waals surface area (Å²) in [4.78, 5) is 12.7. The van der Waals surface area contributed by atoms with E-state index in [1.54, 1.807) is 49.4 Å². The van der Waals surface area contributed by atoms with Crippen LogP contribution in [0.2, 0.25) is 10.0 Å². The van der Waals surface area contributed by atoms with E-state index in [9.17, 15) is 22.9 Å². The molecule has 0 unspecified atom stereocenters. The Morgan fingerprint density at radius 1 is 1.08 bits per heavy atom. The zero-order valence-electron chi connectivity index (χ0n) is 21.0.